The van der Waals surface area contributed by atoms with Crippen LogP contribution in [0.15, 0.2) is 36.4 Å². The zero-order chi connectivity index (χ0) is 29.5. The quantitative estimate of drug-likeness (QED) is 0.175. The zero-order valence-corrected chi connectivity index (χ0v) is 24.4. The fraction of sp³-hybridized carbons (Fsp3) is 0.531. The lowest BCUT2D eigenvalue weighted by Crippen LogP contribution is -2.28. The lowest BCUT2D eigenvalue weighted by atomic mass is 9.98. The van der Waals surface area contributed by atoms with Gasteiger partial charge in [-0.1, -0.05) is 25.5 Å². The van der Waals surface area contributed by atoms with Crippen LogP contribution >= 0.6 is 0 Å². The van der Waals surface area contributed by atoms with E-state index in [1.54, 1.807) is 6.07 Å². The summed E-state index contributed by atoms with van der Waals surface area (Å²) in [5.41, 5.74) is 2.55. The van der Waals surface area contributed by atoms with Gasteiger partial charge in [0.15, 0.2) is 11.9 Å². The van der Waals surface area contributed by atoms with Crippen molar-refractivity contribution in [3.05, 3.63) is 53.1 Å². The van der Waals surface area contributed by atoms with E-state index in [2.05, 4.69) is 11.7 Å². The van der Waals surface area contributed by atoms with Gasteiger partial charge in [0.2, 0.25) is 0 Å². The fourth-order valence-electron chi connectivity index (χ4n) is 4.57. The maximum atomic E-state index is 12.3. The Labute approximate surface area is 242 Å². The van der Waals surface area contributed by atoms with E-state index in [9.17, 15) is 14.4 Å². The summed E-state index contributed by atoms with van der Waals surface area (Å²) in [6.07, 6.45) is 5.20. The molecule has 0 spiro atoms. The molecular weight excluding hydrogens is 528 g/mol. The predicted molar refractivity (Wildman–Crippen MR) is 153 cm³/mol. The Morgan fingerprint density at radius 3 is 2.39 bits per heavy atom. The van der Waals surface area contributed by atoms with E-state index in [1.165, 1.54) is 14.2 Å². The van der Waals surface area contributed by atoms with E-state index in [-0.39, 0.29) is 11.8 Å². The Morgan fingerprint density at radius 2 is 1.66 bits per heavy atom. The van der Waals surface area contributed by atoms with Crippen molar-refractivity contribution in [3.63, 3.8) is 0 Å². The summed E-state index contributed by atoms with van der Waals surface area (Å²) in [5, 5.41) is 0. The highest BCUT2D eigenvalue weighted by Gasteiger charge is 2.24. The van der Waals surface area contributed by atoms with Gasteiger partial charge in [-0.05, 0) is 61.9 Å². The van der Waals surface area contributed by atoms with Crippen molar-refractivity contribution in [1.82, 2.24) is 0 Å². The second-order valence-corrected chi connectivity index (χ2v) is 9.86. The third kappa shape index (κ3) is 10.1. The molecule has 0 amide bonds. The highest BCUT2D eigenvalue weighted by molar-refractivity contribution is 6.00. The first-order valence-electron chi connectivity index (χ1n) is 14.4. The molecule has 2 aromatic carbocycles. The van der Waals surface area contributed by atoms with Crippen molar-refractivity contribution in [2.24, 2.45) is 0 Å². The first-order valence-corrected chi connectivity index (χ1v) is 14.4. The standard InChI is InChI=1S/C32H42O9/c1-4-9-26-28(16-15-25-27(33)17-21-41-31(25)26)39-18-6-5-7-19-40-29(32(35)37-3)22-23-11-13-24(14-12-23)38-20-8-10-30(34)36-2/h11-16,29H,4-10,17-22H2,1-3H3. The van der Waals surface area contributed by atoms with E-state index < -0.39 is 12.1 Å². The molecule has 0 radical (unpaired) electrons. The number of benzene rings is 2. The Hall–Kier alpha value is -3.59. The minimum atomic E-state index is -0.696. The molecule has 1 aliphatic heterocycles. The van der Waals surface area contributed by atoms with Gasteiger partial charge in [-0.25, -0.2) is 4.79 Å². The summed E-state index contributed by atoms with van der Waals surface area (Å²) >= 11 is 0. The maximum absolute atomic E-state index is 12.3. The van der Waals surface area contributed by atoms with Crippen LogP contribution in [0.5, 0.6) is 17.2 Å². The minimum Gasteiger partial charge on any atom is -0.494 e. The van der Waals surface area contributed by atoms with Crippen LogP contribution in [0.4, 0.5) is 0 Å². The number of ketones is 1. The molecule has 0 bridgehead atoms. The van der Waals surface area contributed by atoms with Crippen LogP contribution in [0.2, 0.25) is 0 Å². The first-order chi connectivity index (χ1) is 20.0. The summed E-state index contributed by atoms with van der Waals surface area (Å²) in [5.74, 6) is 1.60. The van der Waals surface area contributed by atoms with E-state index in [4.69, 9.17) is 23.7 Å². The summed E-state index contributed by atoms with van der Waals surface area (Å²) in [4.78, 5) is 35.7. The number of fused-ring (bicyclic) bond motifs is 1. The largest absolute Gasteiger partial charge is 0.494 e. The summed E-state index contributed by atoms with van der Waals surface area (Å²) in [7, 11) is 2.72. The third-order valence-corrected chi connectivity index (χ3v) is 6.79. The third-order valence-electron chi connectivity index (χ3n) is 6.79. The molecular formula is C32H42O9. The first kappa shape index (κ1) is 31.9. The normalized spacial score (nSPS) is 13.1. The van der Waals surface area contributed by atoms with Crippen LogP contribution in [0.1, 0.15) is 73.4 Å². The summed E-state index contributed by atoms with van der Waals surface area (Å²) in [6.45, 7) is 3.89. The Balaban J connectivity index is 1.39. The predicted octanol–water partition coefficient (Wildman–Crippen LogP) is 5.29. The number of hydrogen-bond acceptors (Lipinski definition) is 9. The molecule has 0 saturated heterocycles. The molecule has 3 rings (SSSR count). The van der Waals surface area contributed by atoms with Crippen LogP contribution in [-0.4, -0.2) is 64.5 Å². The van der Waals surface area contributed by atoms with Crippen LogP contribution in [0, 0.1) is 0 Å². The van der Waals surface area contributed by atoms with Crippen LogP contribution in [0.25, 0.3) is 0 Å². The minimum absolute atomic E-state index is 0.121. The summed E-state index contributed by atoms with van der Waals surface area (Å²) < 4.78 is 33.0. The van der Waals surface area contributed by atoms with E-state index in [0.29, 0.717) is 69.2 Å². The number of ether oxygens (including phenoxy) is 6. The van der Waals surface area contributed by atoms with Gasteiger partial charge < -0.3 is 28.4 Å². The van der Waals surface area contributed by atoms with Crippen molar-refractivity contribution in [3.8, 4) is 17.2 Å². The highest BCUT2D eigenvalue weighted by Crippen LogP contribution is 2.36. The number of carbonyl (C=O) groups excluding carboxylic acids is 3. The lowest BCUT2D eigenvalue weighted by molar-refractivity contribution is -0.154. The van der Waals surface area contributed by atoms with Gasteiger partial charge in [0.25, 0.3) is 0 Å². The Morgan fingerprint density at radius 1 is 0.902 bits per heavy atom. The van der Waals surface area contributed by atoms with E-state index in [1.807, 2.05) is 30.3 Å². The molecule has 0 fully saturated rings. The van der Waals surface area contributed by atoms with Gasteiger partial charge in [0.05, 0.1) is 39.6 Å². The van der Waals surface area contributed by atoms with E-state index >= 15 is 0 Å². The molecule has 0 aliphatic carbocycles. The number of Topliss-reactive ketones (excluding diaryl/α,β-unsaturated/α-hetero) is 1. The topological polar surface area (TPSA) is 107 Å². The molecule has 2 aromatic rings. The lowest BCUT2D eigenvalue weighted by Gasteiger charge is -2.22. The van der Waals surface area contributed by atoms with Crippen molar-refractivity contribution in [2.45, 2.75) is 70.8 Å². The molecule has 9 nitrogen and oxygen atoms in total. The number of rotatable bonds is 18. The van der Waals surface area contributed by atoms with E-state index in [0.717, 1.165) is 49.0 Å². The average molecular weight is 571 g/mol. The molecule has 1 heterocycles. The smallest absolute Gasteiger partial charge is 0.335 e. The number of esters is 2. The molecule has 0 saturated carbocycles. The second kappa shape index (κ2) is 17.3. The van der Waals surface area contributed by atoms with Gasteiger partial charge in [-0.2, -0.15) is 0 Å². The molecule has 224 valence electrons. The number of hydrogen-bond donors (Lipinski definition) is 0. The maximum Gasteiger partial charge on any atom is 0.335 e. The zero-order valence-electron chi connectivity index (χ0n) is 24.4. The fourth-order valence-corrected chi connectivity index (χ4v) is 4.57. The molecule has 1 unspecified atom stereocenters. The number of unbranched alkanes of at least 4 members (excludes halogenated alkanes) is 2. The number of carbonyl (C=O) groups is 3. The number of methoxy groups -OCH3 is 2. The molecule has 0 N–H and O–H groups in total. The Bertz CT molecular complexity index is 1130. The van der Waals surface area contributed by atoms with Crippen LogP contribution in [-0.2, 0) is 36.6 Å². The molecule has 0 aromatic heterocycles. The average Bonchev–Trinajstić information content (AvgIpc) is 2.99. The van der Waals surface area contributed by atoms with Gasteiger partial charge in [-0.15, -0.1) is 0 Å². The van der Waals surface area contributed by atoms with Crippen molar-refractivity contribution in [1.29, 1.82) is 0 Å². The van der Waals surface area contributed by atoms with Gasteiger partial charge in [0.1, 0.15) is 17.2 Å². The summed E-state index contributed by atoms with van der Waals surface area (Å²) in [6, 6.07) is 11.1. The monoisotopic (exact) mass is 570 g/mol. The van der Waals surface area contributed by atoms with Crippen molar-refractivity contribution >= 4 is 17.7 Å². The molecule has 1 aliphatic rings. The highest BCUT2D eigenvalue weighted by atomic mass is 16.6. The molecule has 9 heteroatoms. The van der Waals surface area contributed by atoms with Gasteiger partial charge in [0, 0.05) is 31.4 Å². The SMILES string of the molecule is CCCc1c(OCCCCCOC(Cc2ccc(OCCCC(=O)OC)cc2)C(=O)OC)ccc2c1OCCC2=O. The molecule has 1 atom stereocenters. The van der Waals surface area contributed by atoms with Crippen LogP contribution < -0.4 is 14.2 Å². The second-order valence-electron chi connectivity index (χ2n) is 9.86. The molecule has 41 heavy (non-hydrogen) atoms. The van der Waals surface area contributed by atoms with Crippen LogP contribution in [0.3, 0.4) is 0 Å². The van der Waals surface area contributed by atoms with Gasteiger partial charge >= 0.3 is 11.9 Å². The van der Waals surface area contributed by atoms with Crippen molar-refractivity contribution < 1.29 is 42.8 Å². The van der Waals surface area contributed by atoms with Crippen molar-refractivity contribution in [2.75, 3.05) is 40.6 Å². The van der Waals surface area contributed by atoms with Gasteiger partial charge in [-0.3, -0.25) is 9.59 Å². The Kier molecular flexibility index (Phi) is 13.5.